The minimum absolute atomic E-state index is 0.0353. The third-order valence-electron chi connectivity index (χ3n) is 5.67. The van der Waals surface area contributed by atoms with Gasteiger partial charge in [-0.25, -0.2) is 9.67 Å². The lowest BCUT2D eigenvalue weighted by Crippen LogP contribution is -2.37. The standard InChI is InChI=1S/C24H29N5O2/c1-18-22(15-26-29(18)23-8-4-5-13-25-23)24(30)28(17-21-7-6-14-31-21)16-19-9-11-20(12-10-19)27(2)3/h4-5,8-13,15,21H,6-7,14,16-17H2,1-3H3. The maximum atomic E-state index is 13.6. The molecule has 31 heavy (non-hydrogen) atoms. The van der Waals surface area contributed by atoms with E-state index in [0.717, 1.165) is 36.4 Å². The summed E-state index contributed by atoms with van der Waals surface area (Å²) in [5, 5.41) is 4.43. The molecule has 0 aliphatic carbocycles. The van der Waals surface area contributed by atoms with Crippen molar-refractivity contribution in [1.29, 1.82) is 0 Å². The quantitative estimate of drug-likeness (QED) is 0.587. The summed E-state index contributed by atoms with van der Waals surface area (Å²) in [4.78, 5) is 21.9. The number of hydrogen-bond acceptors (Lipinski definition) is 5. The molecule has 0 spiro atoms. The highest BCUT2D eigenvalue weighted by atomic mass is 16.5. The van der Waals surface area contributed by atoms with Gasteiger partial charge in [0.2, 0.25) is 0 Å². The van der Waals surface area contributed by atoms with Gasteiger partial charge in [0.1, 0.15) is 0 Å². The highest BCUT2D eigenvalue weighted by Gasteiger charge is 2.26. The molecule has 4 rings (SSSR count). The maximum absolute atomic E-state index is 13.6. The highest BCUT2D eigenvalue weighted by Crippen LogP contribution is 2.21. The molecule has 1 aromatic carbocycles. The van der Waals surface area contributed by atoms with E-state index in [0.29, 0.717) is 24.5 Å². The molecule has 1 aliphatic heterocycles. The predicted octanol–water partition coefficient (Wildman–Crippen LogP) is 3.46. The Bertz CT molecular complexity index is 1010. The normalized spacial score (nSPS) is 15.8. The Morgan fingerprint density at radius 2 is 2.00 bits per heavy atom. The summed E-state index contributed by atoms with van der Waals surface area (Å²) >= 11 is 0. The first-order chi connectivity index (χ1) is 15.0. The van der Waals surface area contributed by atoms with Gasteiger partial charge in [-0.05, 0) is 49.6 Å². The molecule has 0 N–H and O–H groups in total. The van der Waals surface area contributed by atoms with Crippen molar-refractivity contribution in [1.82, 2.24) is 19.7 Å². The Kier molecular flexibility index (Phi) is 6.32. The molecular weight excluding hydrogens is 390 g/mol. The van der Waals surface area contributed by atoms with E-state index in [9.17, 15) is 4.79 Å². The van der Waals surface area contributed by atoms with Crippen LogP contribution in [0.5, 0.6) is 0 Å². The minimum Gasteiger partial charge on any atom is -0.378 e. The molecule has 1 atom stereocenters. The van der Waals surface area contributed by atoms with Crippen LogP contribution >= 0.6 is 0 Å². The largest absolute Gasteiger partial charge is 0.378 e. The molecule has 0 saturated carbocycles. The first-order valence-corrected chi connectivity index (χ1v) is 10.7. The molecule has 7 nitrogen and oxygen atoms in total. The lowest BCUT2D eigenvalue weighted by molar-refractivity contribution is 0.0506. The van der Waals surface area contributed by atoms with Crippen LogP contribution < -0.4 is 4.90 Å². The van der Waals surface area contributed by atoms with Crippen molar-refractivity contribution in [2.75, 3.05) is 32.1 Å². The zero-order valence-corrected chi connectivity index (χ0v) is 18.4. The number of ether oxygens (including phenoxy) is 1. The number of aromatic nitrogens is 3. The third kappa shape index (κ3) is 4.77. The predicted molar refractivity (Wildman–Crippen MR) is 121 cm³/mol. The number of carbonyl (C=O) groups is 1. The fraction of sp³-hybridized carbons (Fsp3) is 0.375. The van der Waals surface area contributed by atoms with Crippen LogP contribution in [0.4, 0.5) is 5.69 Å². The maximum Gasteiger partial charge on any atom is 0.257 e. The topological polar surface area (TPSA) is 63.5 Å². The summed E-state index contributed by atoms with van der Waals surface area (Å²) in [6, 6.07) is 14.0. The van der Waals surface area contributed by atoms with Crippen LogP contribution in [0.1, 0.15) is 34.5 Å². The van der Waals surface area contributed by atoms with E-state index in [4.69, 9.17) is 4.74 Å². The molecule has 1 amide bonds. The van der Waals surface area contributed by atoms with Crippen molar-refractivity contribution in [3.8, 4) is 5.82 Å². The molecule has 0 bridgehead atoms. The summed E-state index contributed by atoms with van der Waals surface area (Å²) in [5.74, 6) is 0.663. The summed E-state index contributed by atoms with van der Waals surface area (Å²) in [5.41, 5.74) is 3.59. The van der Waals surface area contributed by atoms with Crippen molar-refractivity contribution < 1.29 is 9.53 Å². The molecule has 1 aliphatic rings. The van der Waals surface area contributed by atoms with Crippen LogP contribution in [0.15, 0.2) is 54.9 Å². The van der Waals surface area contributed by atoms with Gasteiger partial charge in [-0.2, -0.15) is 5.10 Å². The zero-order valence-electron chi connectivity index (χ0n) is 18.4. The van der Waals surface area contributed by atoms with Crippen molar-refractivity contribution in [2.24, 2.45) is 0 Å². The van der Waals surface area contributed by atoms with Gasteiger partial charge in [0.15, 0.2) is 5.82 Å². The van der Waals surface area contributed by atoms with Gasteiger partial charge < -0.3 is 14.5 Å². The highest BCUT2D eigenvalue weighted by molar-refractivity contribution is 5.95. The Hall–Kier alpha value is -3.19. The lowest BCUT2D eigenvalue weighted by Gasteiger charge is -2.26. The number of hydrogen-bond donors (Lipinski definition) is 0. The lowest BCUT2D eigenvalue weighted by atomic mass is 10.1. The summed E-state index contributed by atoms with van der Waals surface area (Å²) in [6.07, 6.45) is 5.47. The van der Waals surface area contributed by atoms with E-state index in [1.165, 1.54) is 0 Å². The molecular formula is C24H29N5O2. The van der Waals surface area contributed by atoms with Gasteiger partial charge in [0.25, 0.3) is 5.91 Å². The van der Waals surface area contributed by atoms with E-state index in [1.807, 2.05) is 44.1 Å². The Balaban J connectivity index is 1.58. The second-order valence-corrected chi connectivity index (χ2v) is 8.12. The Labute approximate surface area is 183 Å². The monoisotopic (exact) mass is 419 g/mol. The van der Waals surface area contributed by atoms with Crippen molar-refractivity contribution in [2.45, 2.75) is 32.4 Å². The molecule has 2 aromatic heterocycles. The van der Waals surface area contributed by atoms with Crippen LogP contribution in [0, 0.1) is 6.92 Å². The second kappa shape index (κ2) is 9.31. The van der Waals surface area contributed by atoms with Crippen molar-refractivity contribution in [3.63, 3.8) is 0 Å². The van der Waals surface area contributed by atoms with Crippen LogP contribution in [0.25, 0.3) is 5.82 Å². The van der Waals surface area contributed by atoms with Gasteiger partial charge in [0, 0.05) is 45.7 Å². The molecule has 3 aromatic rings. The first kappa shape index (κ1) is 21.1. The van der Waals surface area contributed by atoms with E-state index in [1.54, 1.807) is 17.1 Å². The summed E-state index contributed by atoms with van der Waals surface area (Å²) in [6.45, 7) is 3.77. The third-order valence-corrected chi connectivity index (χ3v) is 5.67. The number of rotatable bonds is 7. The van der Waals surface area contributed by atoms with Gasteiger partial charge in [-0.3, -0.25) is 4.79 Å². The van der Waals surface area contributed by atoms with Gasteiger partial charge in [-0.15, -0.1) is 0 Å². The molecule has 7 heteroatoms. The molecule has 162 valence electrons. The van der Waals surface area contributed by atoms with Crippen molar-refractivity contribution in [3.05, 3.63) is 71.7 Å². The molecule has 0 radical (unpaired) electrons. The van der Waals surface area contributed by atoms with E-state index in [-0.39, 0.29) is 12.0 Å². The second-order valence-electron chi connectivity index (χ2n) is 8.12. The van der Waals surface area contributed by atoms with E-state index in [2.05, 4.69) is 39.2 Å². The molecule has 1 unspecified atom stereocenters. The van der Waals surface area contributed by atoms with Crippen LogP contribution in [0.2, 0.25) is 0 Å². The average Bonchev–Trinajstić information content (AvgIpc) is 3.43. The summed E-state index contributed by atoms with van der Waals surface area (Å²) < 4.78 is 7.54. The number of anilines is 1. The number of carbonyl (C=O) groups excluding carboxylic acids is 1. The SMILES string of the molecule is Cc1c(C(=O)N(Cc2ccc(N(C)C)cc2)CC2CCCO2)cnn1-c1ccccn1. The number of pyridine rings is 1. The van der Waals surface area contributed by atoms with Gasteiger partial charge in [0.05, 0.1) is 23.6 Å². The molecule has 1 fully saturated rings. The Morgan fingerprint density at radius 1 is 1.19 bits per heavy atom. The fourth-order valence-electron chi connectivity index (χ4n) is 3.87. The molecule has 3 heterocycles. The van der Waals surface area contributed by atoms with Gasteiger partial charge >= 0.3 is 0 Å². The van der Waals surface area contributed by atoms with E-state index >= 15 is 0 Å². The summed E-state index contributed by atoms with van der Waals surface area (Å²) in [7, 11) is 4.04. The fourth-order valence-corrected chi connectivity index (χ4v) is 3.87. The van der Waals surface area contributed by atoms with Gasteiger partial charge in [-0.1, -0.05) is 18.2 Å². The van der Waals surface area contributed by atoms with Crippen LogP contribution in [-0.4, -0.2) is 58.9 Å². The van der Waals surface area contributed by atoms with Crippen molar-refractivity contribution >= 4 is 11.6 Å². The van der Waals surface area contributed by atoms with E-state index < -0.39 is 0 Å². The van der Waals surface area contributed by atoms with Crippen LogP contribution in [-0.2, 0) is 11.3 Å². The molecule has 1 saturated heterocycles. The number of benzene rings is 1. The minimum atomic E-state index is -0.0353. The smallest absolute Gasteiger partial charge is 0.257 e. The number of nitrogens with zero attached hydrogens (tertiary/aromatic N) is 5. The first-order valence-electron chi connectivity index (χ1n) is 10.7. The number of amides is 1. The zero-order chi connectivity index (χ0) is 21.8. The average molecular weight is 420 g/mol. The Morgan fingerprint density at radius 3 is 2.65 bits per heavy atom. The van der Waals surface area contributed by atoms with Crippen LogP contribution in [0.3, 0.4) is 0 Å².